The number of benzene rings is 2. The van der Waals surface area contributed by atoms with Crippen LogP contribution in [0.3, 0.4) is 0 Å². The molecule has 2 aromatic carbocycles. The van der Waals surface area contributed by atoms with Crippen molar-refractivity contribution in [3.8, 4) is 11.8 Å². The van der Waals surface area contributed by atoms with Gasteiger partial charge in [-0.2, -0.15) is 5.10 Å². The molecule has 5 nitrogen and oxygen atoms in total. The molecular formula is C19H14FN3O2. The van der Waals surface area contributed by atoms with Crippen LogP contribution in [0, 0.1) is 17.7 Å². The average Bonchev–Trinajstić information content (AvgIpc) is 2.59. The molecule has 0 bridgehead atoms. The molecule has 124 valence electrons. The maximum absolute atomic E-state index is 13.6. The first kappa shape index (κ1) is 16.4. The second-order valence-electron chi connectivity index (χ2n) is 5.49. The minimum atomic E-state index is -0.834. The summed E-state index contributed by atoms with van der Waals surface area (Å²) in [6, 6.07) is 9.39. The number of fused-ring (bicyclic) bond motifs is 1. The van der Waals surface area contributed by atoms with E-state index in [4.69, 9.17) is 5.73 Å². The van der Waals surface area contributed by atoms with E-state index in [0.717, 1.165) is 5.56 Å². The first-order valence-corrected chi connectivity index (χ1v) is 7.52. The van der Waals surface area contributed by atoms with Crippen molar-refractivity contribution < 1.29 is 9.18 Å². The number of amides is 1. The summed E-state index contributed by atoms with van der Waals surface area (Å²) in [7, 11) is 0. The Labute approximate surface area is 142 Å². The van der Waals surface area contributed by atoms with Crippen molar-refractivity contribution in [3.63, 3.8) is 0 Å². The smallest absolute Gasteiger partial charge is 0.272 e. The van der Waals surface area contributed by atoms with E-state index in [0.29, 0.717) is 28.5 Å². The fraction of sp³-hybridized carbons (Fsp3) is 0.105. The van der Waals surface area contributed by atoms with Gasteiger partial charge in [0.2, 0.25) is 0 Å². The largest absolute Gasteiger partial charge is 0.366 e. The van der Waals surface area contributed by atoms with Crippen molar-refractivity contribution in [3.05, 3.63) is 75.0 Å². The van der Waals surface area contributed by atoms with Gasteiger partial charge in [0.15, 0.2) is 0 Å². The van der Waals surface area contributed by atoms with Crippen LogP contribution >= 0.6 is 0 Å². The third-order valence-corrected chi connectivity index (χ3v) is 3.80. The van der Waals surface area contributed by atoms with Gasteiger partial charge in [0.25, 0.3) is 11.5 Å². The number of nitrogens with zero attached hydrogens (tertiary/aromatic N) is 1. The summed E-state index contributed by atoms with van der Waals surface area (Å²) in [5, 5.41) is 7.71. The van der Waals surface area contributed by atoms with Crippen molar-refractivity contribution in [2.45, 2.75) is 13.3 Å². The van der Waals surface area contributed by atoms with Crippen LogP contribution in [-0.4, -0.2) is 16.1 Å². The number of hydrogen-bond acceptors (Lipinski definition) is 3. The fourth-order valence-corrected chi connectivity index (χ4v) is 2.64. The van der Waals surface area contributed by atoms with E-state index in [1.807, 2.05) is 0 Å². The van der Waals surface area contributed by atoms with E-state index < -0.39 is 11.7 Å². The number of nitrogens with two attached hydrogens (primary N) is 1. The second-order valence-corrected chi connectivity index (χ2v) is 5.49. The SMILES string of the molecule is CC#Cc1ccc2c(=O)[nH]nc(Cc3ccc(F)c(C(N)=O)c3)c2c1. The maximum atomic E-state index is 13.6. The average molecular weight is 335 g/mol. The monoisotopic (exact) mass is 335 g/mol. The number of rotatable bonds is 3. The van der Waals surface area contributed by atoms with Crippen molar-refractivity contribution in [1.29, 1.82) is 0 Å². The minimum absolute atomic E-state index is 0.177. The van der Waals surface area contributed by atoms with Gasteiger partial charge in [-0.25, -0.2) is 9.49 Å². The number of carbonyl (C=O) groups excluding carboxylic acids is 1. The Kier molecular flexibility index (Phi) is 4.31. The van der Waals surface area contributed by atoms with Gasteiger partial charge in [-0.15, -0.1) is 5.92 Å². The minimum Gasteiger partial charge on any atom is -0.366 e. The van der Waals surface area contributed by atoms with Crippen LogP contribution < -0.4 is 11.3 Å². The van der Waals surface area contributed by atoms with Gasteiger partial charge in [0.05, 0.1) is 16.6 Å². The number of halogens is 1. The lowest BCUT2D eigenvalue weighted by molar-refractivity contribution is 0.0996. The highest BCUT2D eigenvalue weighted by molar-refractivity contribution is 5.93. The molecule has 0 atom stereocenters. The zero-order chi connectivity index (χ0) is 18.0. The van der Waals surface area contributed by atoms with E-state index in [-0.39, 0.29) is 11.1 Å². The van der Waals surface area contributed by atoms with Crippen molar-refractivity contribution >= 4 is 16.7 Å². The summed E-state index contributed by atoms with van der Waals surface area (Å²) in [6.45, 7) is 1.73. The van der Waals surface area contributed by atoms with Crippen molar-refractivity contribution in [1.82, 2.24) is 10.2 Å². The van der Waals surface area contributed by atoms with Crippen molar-refractivity contribution in [2.24, 2.45) is 5.73 Å². The molecule has 0 aliphatic heterocycles. The van der Waals surface area contributed by atoms with Crippen LogP contribution in [0.5, 0.6) is 0 Å². The molecule has 1 heterocycles. The highest BCUT2D eigenvalue weighted by atomic mass is 19.1. The molecule has 3 N–H and O–H groups in total. The summed E-state index contributed by atoms with van der Waals surface area (Å²) < 4.78 is 13.6. The normalized spacial score (nSPS) is 10.3. The Bertz CT molecular complexity index is 1110. The first-order valence-electron chi connectivity index (χ1n) is 7.52. The van der Waals surface area contributed by atoms with E-state index in [1.165, 1.54) is 12.1 Å². The molecule has 0 spiro atoms. The zero-order valence-electron chi connectivity index (χ0n) is 13.4. The van der Waals surface area contributed by atoms with Crippen LogP contribution in [0.4, 0.5) is 4.39 Å². The summed E-state index contributed by atoms with van der Waals surface area (Å²) in [5.74, 6) is 4.25. The van der Waals surface area contributed by atoms with E-state index in [2.05, 4.69) is 22.0 Å². The Morgan fingerprint density at radius 1 is 1.24 bits per heavy atom. The number of hydrogen-bond donors (Lipinski definition) is 2. The number of aromatic nitrogens is 2. The molecule has 0 radical (unpaired) electrons. The van der Waals surface area contributed by atoms with Gasteiger partial charge in [0.1, 0.15) is 5.82 Å². The Hall–Kier alpha value is -3.46. The lowest BCUT2D eigenvalue weighted by Gasteiger charge is -2.07. The number of carbonyl (C=O) groups is 1. The Balaban J connectivity index is 2.12. The third-order valence-electron chi connectivity index (χ3n) is 3.80. The van der Waals surface area contributed by atoms with Crippen LogP contribution in [0.25, 0.3) is 10.8 Å². The lowest BCUT2D eigenvalue weighted by Crippen LogP contribution is -2.14. The highest BCUT2D eigenvalue weighted by Crippen LogP contribution is 2.19. The first-order chi connectivity index (χ1) is 12.0. The number of nitrogens with one attached hydrogen (secondary N) is 1. The number of primary amides is 1. The molecular weight excluding hydrogens is 321 g/mol. The molecule has 25 heavy (non-hydrogen) atoms. The fourth-order valence-electron chi connectivity index (χ4n) is 2.64. The number of H-pyrrole nitrogens is 1. The van der Waals surface area contributed by atoms with Gasteiger partial charge < -0.3 is 5.73 Å². The van der Waals surface area contributed by atoms with Crippen molar-refractivity contribution in [2.75, 3.05) is 0 Å². The maximum Gasteiger partial charge on any atom is 0.272 e. The summed E-state index contributed by atoms with van der Waals surface area (Å²) in [6.07, 6.45) is 0.302. The third kappa shape index (κ3) is 3.26. The van der Waals surface area contributed by atoms with Crippen LogP contribution in [-0.2, 0) is 6.42 Å². The van der Waals surface area contributed by atoms with Crippen LogP contribution in [0.15, 0.2) is 41.2 Å². The molecule has 3 aromatic rings. The predicted molar refractivity (Wildman–Crippen MR) is 92.6 cm³/mol. The van der Waals surface area contributed by atoms with E-state index in [1.54, 1.807) is 31.2 Å². The molecule has 0 aliphatic carbocycles. The molecule has 0 fully saturated rings. The number of aromatic amines is 1. The van der Waals surface area contributed by atoms with Gasteiger partial charge in [-0.1, -0.05) is 12.0 Å². The summed E-state index contributed by atoms with van der Waals surface area (Å²) in [5.41, 5.74) is 6.72. The molecule has 1 amide bonds. The highest BCUT2D eigenvalue weighted by Gasteiger charge is 2.12. The molecule has 0 saturated heterocycles. The standard InChI is InChI=1S/C19H14FN3O2/c1-2-3-11-4-6-13-14(8-11)17(22-23-19(13)25)10-12-5-7-16(20)15(9-12)18(21)24/h4-9H,10H2,1H3,(H2,21,24)(H,23,25). The van der Waals surface area contributed by atoms with Crippen LogP contribution in [0.2, 0.25) is 0 Å². The van der Waals surface area contributed by atoms with E-state index in [9.17, 15) is 14.0 Å². The zero-order valence-corrected chi connectivity index (χ0v) is 13.4. The Morgan fingerprint density at radius 3 is 2.76 bits per heavy atom. The van der Waals surface area contributed by atoms with Crippen LogP contribution in [0.1, 0.15) is 34.1 Å². The van der Waals surface area contributed by atoms with Gasteiger partial charge in [-0.3, -0.25) is 9.59 Å². The molecule has 0 saturated carbocycles. The molecule has 6 heteroatoms. The molecule has 0 aliphatic rings. The quantitative estimate of drug-likeness (QED) is 0.719. The topological polar surface area (TPSA) is 88.8 Å². The van der Waals surface area contributed by atoms with Gasteiger partial charge >= 0.3 is 0 Å². The second kappa shape index (κ2) is 6.57. The van der Waals surface area contributed by atoms with Gasteiger partial charge in [-0.05, 0) is 42.8 Å². The summed E-state index contributed by atoms with van der Waals surface area (Å²) in [4.78, 5) is 23.3. The predicted octanol–water partition coefficient (Wildman–Crippen LogP) is 2.12. The van der Waals surface area contributed by atoms with E-state index >= 15 is 0 Å². The molecule has 3 rings (SSSR count). The lowest BCUT2D eigenvalue weighted by atomic mass is 10.0. The molecule has 0 unspecified atom stereocenters. The molecule has 1 aromatic heterocycles. The van der Waals surface area contributed by atoms with Gasteiger partial charge in [0, 0.05) is 17.4 Å². The summed E-state index contributed by atoms with van der Waals surface area (Å²) >= 11 is 0. The Morgan fingerprint density at radius 2 is 2.04 bits per heavy atom.